The van der Waals surface area contributed by atoms with Crippen molar-refractivity contribution in [2.45, 2.75) is 32.3 Å². The van der Waals surface area contributed by atoms with E-state index >= 15 is 0 Å². The molecule has 1 aliphatic rings. The lowest BCUT2D eigenvalue weighted by Gasteiger charge is -2.30. The number of methoxy groups -OCH3 is 1. The molecular weight excluding hydrogens is 148 g/mol. The van der Waals surface area contributed by atoms with Gasteiger partial charge in [-0.3, -0.25) is 0 Å². The van der Waals surface area contributed by atoms with Crippen molar-refractivity contribution >= 4 is 0 Å². The third-order valence-electron chi connectivity index (χ3n) is 2.75. The summed E-state index contributed by atoms with van der Waals surface area (Å²) in [6, 6.07) is 0. The molecule has 0 radical (unpaired) electrons. The highest BCUT2D eigenvalue weighted by Gasteiger charge is 2.24. The molecule has 0 bridgehead atoms. The van der Waals surface area contributed by atoms with Gasteiger partial charge in [0, 0.05) is 7.11 Å². The number of ether oxygens (including phenoxy) is 1. The van der Waals surface area contributed by atoms with Gasteiger partial charge in [-0.1, -0.05) is 18.7 Å². The second-order valence-corrected chi connectivity index (χ2v) is 3.70. The van der Waals surface area contributed by atoms with Crippen LogP contribution in [0.25, 0.3) is 0 Å². The fourth-order valence-electron chi connectivity index (χ4n) is 1.77. The molecule has 0 aromatic carbocycles. The fraction of sp³-hybridized carbons (Fsp3) is 0.636. The molecule has 1 aliphatic carbocycles. The van der Waals surface area contributed by atoms with Crippen LogP contribution in [0.3, 0.4) is 0 Å². The highest BCUT2D eigenvalue weighted by Crippen LogP contribution is 2.32. The molecule has 0 heterocycles. The first-order valence-corrected chi connectivity index (χ1v) is 4.51. The van der Waals surface area contributed by atoms with Gasteiger partial charge in [0.05, 0.1) is 6.10 Å². The molecular formula is C11H18O. The first kappa shape index (κ1) is 9.53. The van der Waals surface area contributed by atoms with Crippen LogP contribution >= 0.6 is 0 Å². The molecule has 0 saturated heterocycles. The van der Waals surface area contributed by atoms with E-state index in [-0.39, 0.29) is 6.10 Å². The topological polar surface area (TPSA) is 9.23 Å². The Morgan fingerprint density at radius 3 is 2.75 bits per heavy atom. The average molecular weight is 166 g/mol. The van der Waals surface area contributed by atoms with E-state index in [4.69, 9.17) is 4.74 Å². The van der Waals surface area contributed by atoms with E-state index in [0.717, 1.165) is 12.8 Å². The maximum absolute atomic E-state index is 5.34. The Balaban J connectivity index is 2.55. The van der Waals surface area contributed by atoms with Gasteiger partial charge in [0.15, 0.2) is 0 Å². The number of rotatable bonds is 2. The zero-order chi connectivity index (χ0) is 9.14. The smallest absolute Gasteiger partial charge is 0.0784 e. The quantitative estimate of drug-likeness (QED) is 0.573. The van der Waals surface area contributed by atoms with Gasteiger partial charge in [0.25, 0.3) is 0 Å². The van der Waals surface area contributed by atoms with Gasteiger partial charge in [-0.25, -0.2) is 0 Å². The summed E-state index contributed by atoms with van der Waals surface area (Å²) < 4.78 is 5.34. The van der Waals surface area contributed by atoms with E-state index in [9.17, 15) is 0 Å². The van der Waals surface area contributed by atoms with Crippen molar-refractivity contribution in [3.63, 3.8) is 0 Å². The highest BCUT2D eigenvalue weighted by atomic mass is 16.5. The Bertz CT molecular complexity index is 193. The van der Waals surface area contributed by atoms with Gasteiger partial charge in [0.1, 0.15) is 0 Å². The van der Waals surface area contributed by atoms with E-state index < -0.39 is 0 Å². The second kappa shape index (κ2) is 3.90. The fourth-order valence-corrected chi connectivity index (χ4v) is 1.77. The van der Waals surface area contributed by atoms with Crippen molar-refractivity contribution < 1.29 is 4.74 Å². The van der Waals surface area contributed by atoms with Crippen molar-refractivity contribution in [1.29, 1.82) is 0 Å². The Hall–Kier alpha value is -0.560. The van der Waals surface area contributed by atoms with E-state index in [1.807, 2.05) is 0 Å². The summed E-state index contributed by atoms with van der Waals surface area (Å²) in [5.41, 5.74) is 2.53. The van der Waals surface area contributed by atoms with Crippen LogP contribution in [0.4, 0.5) is 0 Å². The molecule has 1 rings (SSSR count). The number of hydrogen-bond acceptors (Lipinski definition) is 1. The van der Waals surface area contributed by atoms with Crippen molar-refractivity contribution in [1.82, 2.24) is 0 Å². The van der Waals surface area contributed by atoms with Crippen LogP contribution in [0.15, 0.2) is 24.3 Å². The second-order valence-electron chi connectivity index (χ2n) is 3.70. The molecule has 2 atom stereocenters. The summed E-state index contributed by atoms with van der Waals surface area (Å²) in [5.74, 6) is 0.639. The van der Waals surface area contributed by atoms with Crippen LogP contribution in [0.5, 0.6) is 0 Å². The lowest BCUT2D eigenvalue weighted by Crippen LogP contribution is -2.24. The molecule has 0 aromatic rings. The van der Waals surface area contributed by atoms with Crippen molar-refractivity contribution in [3.05, 3.63) is 24.3 Å². The van der Waals surface area contributed by atoms with Gasteiger partial charge in [-0.05, 0) is 37.7 Å². The average Bonchev–Trinajstić information content (AvgIpc) is 2.05. The predicted octanol–water partition coefficient (Wildman–Crippen LogP) is 2.93. The van der Waals surface area contributed by atoms with Crippen LogP contribution in [0.2, 0.25) is 0 Å². The third-order valence-corrected chi connectivity index (χ3v) is 2.75. The minimum atomic E-state index is 0.264. The number of hydrogen-bond donors (Lipinski definition) is 0. The van der Waals surface area contributed by atoms with Gasteiger partial charge in [-0.15, -0.1) is 0 Å². The van der Waals surface area contributed by atoms with E-state index in [1.54, 1.807) is 7.11 Å². The Morgan fingerprint density at radius 1 is 1.58 bits per heavy atom. The normalized spacial score (nSPS) is 30.3. The van der Waals surface area contributed by atoms with E-state index in [0.29, 0.717) is 5.92 Å². The van der Waals surface area contributed by atoms with Crippen LogP contribution < -0.4 is 0 Å². The summed E-state index contributed by atoms with van der Waals surface area (Å²) in [4.78, 5) is 0. The molecule has 1 fully saturated rings. The maximum Gasteiger partial charge on any atom is 0.0784 e. The molecule has 0 N–H and O–H groups in total. The maximum atomic E-state index is 5.34. The molecule has 0 unspecified atom stereocenters. The van der Waals surface area contributed by atoms with Crippen LogP contribution in [-0.2, 0) is 4.74 Å². The Kier molecular flexibility index (Phi) is 3.10. The molecule has 68 valence electrons. The molecule has 0 amide bonds. The highest BCUT2D eigenvalue weighted by molar-refractivity contribution is 5.11. The summed E-state index contributed by atoms with van der Waals surface area (Å²) >= 11 is 0. The first-order valence-electron chi connectivity index (χ1n) is 4.51. The largest absolute Gasteiger partial charge is 0.377 e. The summed E-state index contributed by atoms with van der Waals surface area (Å²) in [7, 11) is 1.76. The lowest BCUT2D eigenvalue weighted by atomic mass is 9.81. The molecule has 0 aliphatic heterocycles. The minimum Gasteiger partial charge on any atom is -0.377 e. The Labute approximate surface area is 75.1 Å². The third kappa shape index (κ3) is 1.98. The molecule has 0 aromatic heterocycles. The van der Waals surface area contributed by atoms with Crippen molar-refractivity contribution in [3.8, 4) is 0 Å². The zero-order valence-electron chi connectivity index (χ0n) is 8.10. The van der Waals surface area contributed by atoms with Crippen molar-refractivity contribution in [2.75, 3.05) is 7.11 Å². The summed E-state index contributed by atoms with van der Waals surface area (Å²) in [6.45, 7) is 10.1. The molecule has 0 spiro atoms. The SMILES string of the molecule is C=C(C)[C@@H]1CCC(=C)[C@H](OC)C1. The summed E-state index contributed by atoms with van der Waals surface area (Å²) in [6.07, 6.45) is 3.63. The van der Waals surface area contributed by atoms with Gasteiger partial charge in [0.2, 0.25) is 0 Å². The summed E-state index contributed by atoms with van der Waals surface area (Å²) in [5, 5.41) is 0. The van der Waals surface area contributed by atoms with Gasteiger partial charge in [-0.2, -0.15) is 0 Å². The molecule has 1 saturated carbocycles. The van der Waals surface area contributed by atoms with Gasteiger partial charge >= 0.3 is 0 Å². The standard InChI is InChI=1S/C11H18O/c1-8(2)10-6-5-9(3)11(7-10)12-4/h10-11H,1,3,5-7H2,2,4H3/t10-,11-/m1/s1. The molecule has 1 nitrogen and oxygen atoms in total. The first-order chi connectivity index (χ1) is 5.65. The van der Waals surface area contributed by atoms with Crippen LogP contribution in [0.1, 0.15) is 26.2 Å². The van der Waals surface area contributed by atoms with Crippen LogP contribution in [0, 0.1) is 5.92 Å². The van der Waals surface area contributed by atoms with E-state index in [2.05, 4.69) is 20.1 Å². The van der Waals surface area contributed by atoms with Crippen molar-refractivity contribution in [2.24, 2.45) is 5.92 Å². The molecule has 1 heteroatoms. The monoisotopic (exact) mass is 166 g/mol. The van der Waals surface area contributed by atoms with Gasteiger partial charge < -0.3 is 4.74 Å². The zero-order valence-corrected chi connectivity index (χ0v) is 8.10. The predicted molar refractivity (Wildman–Crippen MR) is 52.1 cm³/mol. The number of allylic oxidation sites excluding steroid dienone is 1. The lowest BCUT2D eigenvalue weighted by molar-refractivity contribution is 0.0963. The molecule has 12 heavy (non-hydrogen) atoms. The minimum absolute atomic E-state index is 0.264. The Morgan fingerprint density at radius 2 is 2.25 bits per heavy atom. The van der Waals surface area contributed by atoms with Crippen LogP contribution in [-0.4, -0.2) is 13.2 Å². The van der Waals surface area contributed by atoms with E-state index in [1.165, 1.54) is 17.6 Å².